The number of hydrogen-bond acceptors (Lipinski definition) is 4. The van der Waals surface area contributed by atoms with Gasteiger partial charge in [0.05, 0.1) is 16.3 Å². The Bertz CT molecular complexity index is 884. The molecule has 0 atom stereocenters. The predicted octanol–water partition coefficient (Wildman–Crippen LogP) is 3.42. The number of rotatable bonds is 5. The molecule has 0 amide bonds. The van der Waals surface area contributed by atoms with Crippen molar-refractivity contribution in [3.05, 3.63) is 53.3 Å². The van der Waals surface area contributed by atoms with Crippen molar-refractivity contribution in [3.8, 4) is 0 Å². The van der Waals surface area contributed by atoms with Gasteiger partial charge in [0.1, 0.15) is 5.82 Å². The first-order valence-corrected chi connectivity index (χ1v) is 10.3. The maximum absolute atomic E-state index is 13.4. The molecule has 1 heterocycles. The summed E-state index contributed by atoms with van der Waals surface area (Å²) in [5, 5.41) is 0.429. The van der Waals surface area contributed by atoms with Crippen LogP contribution in [0.4, 0.5) is 15.8 Å². The topological polar surface area (TPSA) is 52.6 Å². The molecule has 0 saturated carbocycles. The van der Waals surface area contributed by atoms with Gasteiger partial charge in [-0.2, -0.15) is 0 Å². The quantitative estimate of drug-likeness (QED) is 0.839. The lowest BCUT2D eigenvalue weighted by Gasteiger charge is -2.36. The second-order valence-corrected chi connectivity index (χ2v) is 8.26. The third-order valence-electron chi connectivity index (χ3n) is 4.47. The molecule has 26 heavy (non-hydrogen) atoms. The van der Waals surface area contributed by atoms with E-state index in [9.17, 15) is 12.8 Å². The lowest BCUT2D eigenvalue weighted by Crippen LogP contribution is -2.46. The van der Waals surface area contributed by atoms with Crippen molar-refractivity contribution in [1.29, 1.82) is 0 Å². The highest BCUT2D eigenvalue weighted by Gasteiger charge is 2.22. The minimum atomic E-state index is -3.91. The van der Waals surface area contributed by atoms with Crippen LogP contribution >= 0.6 is 11.6 Å². The van der Waals surface area contributed by atoms with Gasteiger partial charge in [-0.3, -0.25) is 4.72 Å². The summed E-state index contributed by atoms with van der Waals surface area (Å²) < 4.78 is 41.3. The van der Waals surface area contributed by atoms with Gasteiger partial charge in [-0.15, -0.1) is 0 Å². The summed E-state index contributed by atoms with van der Waals surface area (Å²) >= 11 is 6.08. The average molecular weight is 398 g/mol. The first-order valence-electron chi connectivity index (χ1n) is 8.44. The zero-order chi connectivity index (χ0) is 18.7. The summed E-state index contributed by atoms with van der Waals surface area (Å²) in [6, 6.07) is 10.1. The first-order chi connectivity index (χ1) is 12.4. The zero-order valence-corrected chi connectivity index (χ0v) is 16.0. The molecule has 0 unspecified atom stereocenters. The lowest BCUT2D eigenvalue weighted by atomic mass is 10.2. The third-order valence-corrected chi connectivity index (χ3v) is 6.07. The molecule has 1 saturated heterocycles. The highest BCUT2D eigenvalue weighted by molar-refractivity contribution is 7.92. The first kappa shape index (κ1) is 18.9. The lowest BCUT2D eigenvalue weighted by molar-refractivity contribution is 0.271. The van der Waals surface area contributed by atoms with E-state index < -0.39 is 15.8 Å². The number of sulfonamides is 1. The van der Waals surface area contributed by atoms with Gasteiger partial charge in [0.2, 0.25) is 0 Å². The SMILES string of the molecule is CCN1CCN(c2ccc(Cl)cc2NS(=O)(=O)c2cccc(F)c2)CC1. The van der Waals surface area contributed by atoms with Gasteiger partial charge in [0, 0.05) is 31.2 Å². The van der Waals surface area contributed by atoms with Crippen molar-refractivity contribution in [2.45, 2.75) is 11.8 Å². The molecule has 5 nitrogen and oxygen atoms in total. The van der Waals surface area contributed by atoms with Crippen molar-refractivity contribution < 1.29 is 12.8 Å². The average Bonchev–Trinajstić information content (AvgIpc) is 2.62. The predicted molar refractivity (Wildman–Crippen MR) is 103 cm³/mol. The van der Waals surface area contributed by atoms with Crippen LogP contribution in [0.5, 0.6) is 0 Å². The van der Waals surface area contributed by atoms with Crippen LogP contribution in [-0.2, 0) is 10.0 Å². The Morgan fingerprint density at radius 3 is 2.50 bits per heavy atom. The number of anilines is 2. The Kier molecular flexibility index (Phi) is 5.70. The molecule has 0 aromatic heterocycles. The van der Waals surface area contributed by atoms with Crippen LogP contribution in [0.1, 0.15) is 6.92 Å². The summed E-state index contributed by atoms with van der Waals surface area (Å²) in [6.07, 6.45) is 0. The van der Waals surface area contributed by atoms with E-state index >= 15 is 0 Å². The maximum atomic E-state index is 13.4. The molecule has 2 aromatic carbocycles. The van der Waals surface area contributed by atoms with Crippen molar-refractivity contribution in [3.63, 3.8) is 0 Å². The molecule has 0 spiro atoms. The summed E-state index contributed by atoms with van der Waals surface area (Å²) in [5.41, 5.74) is 1.16. The number of nitrogens with one attached hydrogen (secondary N) is 1. The van der Waals surface area contributed by atoms with Gasteiger partial charge in [-0.05, 0) is 42.9 Å². The van der Waals surface area contributed by atoms with Crippen LogP contribution in [0, 0.1) is 5.82 Å². The Hall–Kier alpha value is -1.83. The molecular weight excluding hydrogens is 377 g/mol. The monoisotopic (exact) mass is 397 g/mol. The van der Waals surface area contributed by atoms with Crippen molar-refractivity contribution in [1.82, 2.24) is 4.90 Å². The van der Waals surface area contributed by atoms with E-state index in [1.165, 1.54) is 18.2 Å². The molecule has 3 rings (SSSR count). The van der Waals surface area contributed by atoms with E-state index in [0.717, 1.165) is 44.5 Å². The number of halogens is 2. The molecule has 1 aliphatic heterocycles. The molecular formula is C18H21ClFN3O2S. The molecule has 140 valence electrons. The fourth-order valence-corrected chi connectivity index (χ4v) is 4.28. The fraction of sp³-hybridized carbons (Fsp3) is 0.333. The molecule has 0 aliphatic carbocycles. The second-order valence-electron chi connectivity index (χ2n) is 6.15. The van der Waals surface area contributed by atoms with Crippen LogP contribution in [0.2, 0.25) is 5.02 Å². The minimum Gasteiger partial charge on any atom is -0.367 e. The van der Waals surface area contributed by atoms with Crippen molar-refractivity contribution >= 4 is 33.0 Å². The summed E-state index contributed by atoms with van der Waals surface area (Å²) in [6.45, 7) is 6.53. The van der Waals surface area contributed by atoms with Crippen LogP contribution in [0.15, 0.2) is 47.4 Å². The van der Waals surface area contributed by atoms with Crippen LogP contribution in [0.3, 0.4) is 0 Å². The Balaban J connectivity index is 1.89. The molecule has 1 aliphatic rings. The van der Waals surface area contributed by atoms with Crippen LogP contribution in [-0.4, -0.2) is 46.0 Å². The van der Waals surface area contributed by atoms with E-state index in [0.29, 0.717) is 10.7 Å². The second kappa shape index (κ2) is 7.82. The van der Waals surface area contributed by atoms with Gasteiger partial charge in [0.25, 0.3) is 10.0 Å². The largest absolute Gasteiger partial charge is 0.367 e. The number of nitrogens with zero attached hydrogens (tertiary/aromatic N) is 2. The van der Waals surface area contributed by atoms with Crippen molar-refractivity contribution in [2.75, 3.05) is 42.3 Å². The molecule has 0 radical (unpaired) electrons. The van der Waals surface area contributed by atoms with Gasteiger partial charge >= 0.3 is 0 Å². The number of hydrogen-bond donors (Lipinski definition) is 1. The van der Waals surface area contributed by atoms with Crippen molar-refractivity contribution in [2.24, 2.45) is 0 Å². The highest BCUT2D eigenvalue weighted by atomic mass is 35.5. The maximum Gasteiger partial charge on any atom is 0.262 e. The van der Waals surface area contributed by atoms with Crippen LogP contribution < -0.4 is 9.62 Å². The Morgan fingerprint density at radius 2 is 1.85 bits per heavy atom. The van der Waals surface area contributed by atoms with Gasteiger partial charge in [0.15, 0.2) is 0 Å². The highest BCUT2D eigenvalue weighted by Crippen LogP contribution is 2.32. The number of benzene rings is 2. The van der Waals surface area contributed by atoms with E-state index in [1.54, 1.807) is 12.1 Å². The number of piperazine rings is 1. The summed E-state index contributed by atoms with van der Waals surface area (Å²) in [7, 11) is -3.91. The van der Waals surface area contributed by atoms with E-state index in [-0.39, 0.29) is 4.90 Å². The standard InChI is InChI=1S/C18H21ClFN3O2S/c1-2-22-8-10-23(11-9-22)18-7-6-14(19)12-17(18)21-26(24,25)16-5-3-4-15(20)13-16/h3-7,12-13,21H,2,8-11H2,1H3. The molecule has 1 fully saturated rings. The summed E-state index contributed by atoms with van der Waals surface area (Å²) in [4.78, 5) is 4.34. The van der Waals surface area contributed by atoms with Crippen LogP contribution in [0.25, 0.3) is 0 Å². The van der Waals surface area contributed by atoms with Gasteiger partial charge < -0.3 is 9.80 Å². The number of likely N-dealkylation sites (N-methyl/N-ethyl adjacent to an activating group) is 1. The van der Waals surface area contributed by atoms with E-state index in [2.05, 4.69) is 21.4 Å². The fourth-order valence-electron chi connectivity index (χ4n) is 3.01. The molecule has 0 bridgehead atoms. The van der Waals surface area contributed by atoms with E-state index in [4.69, 9.17) is 11.6 Å². The molecule has 1 N–H and O–H groups in total. The normalized spacial score (nSPS) is 15.9. The zero-order valence-electron chi connectivity index (χ0n) is 14.5. The molecule has 2 aromatic rings. The Labute approximate surface area is 158 Å². The Morgan fingerprint density at radius 1 is 1.12 bits per heavy atom. The third kappa shape index (κ3) is 4.28. The van der Waals surface area contributed by atoms with E-state index in [1.807, 2.05) is 6.07 Å². The minimum absolute atomic E-state index is 0.126. The van der Waals surface area contributed by atoms with Gasteiger partial charge in [-0.25, -0.2) is 12.8 Å². The smallest absolute Gasteiger partial charge is 0.262 e. The summed E-state index contributed by atoms with van der Waals surface area (Å²) in [5.74, 6) is -0.602. The van der Waals surface area contributed by atoms with Gasteiger partial charge in [-0.1, -0.05) is 24.6 Å². The molecule has 8 heteroatoms.